The number of piperazine rings is 1. The number of hydrogen-bond donors (Lipinski definition) is 1. The largest absolute Gasteiger partial charge is 0.461 e. The van der Waals surface area contributed by atoms with Gasteiger partial charge in [0.1, 0.15) is 0 Å². The van der Waals surface area contributed by atoms with Crippen LogP contribution in [-0.4, -0.2) is 65.8 Å². The van der Waals surface area contributed by atoms with Gasteiger partial charge in [0.05, 0.1) is 12.3 Å². The first-order chi connectivity index (χ1) is 9.11. The van der Waals surface area contributed by atoms with Crippen molar-refractivity contribution in [3.63, 3.8) is 0 Å². The third kappa shape index (κ3) is 3.33. The summed E-state index contributed by atoms with van der Waals surface area (Å²) in [6, 6.07) is 0. The van der Waals surface area contributed by atoms with Crippen molar-refractivity contribution in [3.8, 4) is 0 Å². The van der Waals surface area contributed by atoms with Crippen molar-refractivity contribution in [2.24, 2.45) is 0 Å². The number of likely N-dealkylation sites (N-methyl/N-ethyl adjacent to an activating group) is 1. The lowest BCUT2D eigenvalue weighted by Crippen LogP contribution is -2.44. The second kappa shape index (κ2) is 6.16. The minimum Gasteiger partial charge on any atom is -0.461 e. The fourth-order valence-corrected chi connectivity index (χ4v) is 2.22. The molecule has 6 heteroatoms. The Kier molecular flexibility index (Phi) is 4.55. The number of rotatable bonds is 4. The van der Waals surface area contributed by atoms with Gasteiger partial charge in [-0.3, -0.25) is 10.00 Å². The summed E-state index contributed by atoms with van der Waals surface area (Å²) in [5.74, 6) is -0.346. The monoisotopic (exact) mass is 266 g/mol. The SMILES string of the molecule is CCOC(=O)c1n[nH]c(CN2CCN(C)CC2)c1C. The molecule has 0 bridgehead atoms. The molecule has 1 aromatic heterocycles. The van der Waals surface area contributed by atoms with Crippen LogP contribution in [0.5, 0.6) is 0 Å². The first kappa shape index (κ1) is 14.0. The van der Waals surface area contributed by atoms with Crippen LogP contribution in [-0.2, 0) is 11.3 Å². The second-order valence-corrected chi connectivity index (χ2v) is 4.98. The van der Waals surface area contributed by atoms with Crippen LogP contribution in [0.25, 0.3) is 0 Å². The summed E-state index contributed by atoms with van der Waals surface area (Å²) in [6.45, 7) is 9.15. The first-order valence-electron chi connectivity index (χ1n) is 6.73. The molecule has 1 aliphatic rings. The lowest BCUT2D eigenvalue weighted by atomic mass is 10.2. The van der Waals surface area contributed by atoms with Crippen molar-refractivity contribution >= 4 is 5.97 Å². The van der Waals surface area contributed by atoms with Gasteiger partial charge in [-0.15, -0.1) is 0 Å². The van der Waals surface area contributed by atoms with Gasteiger partial charge in [0.25, 0.3) is 0 Å². The molecule has 0 radical (unpaired) electrons. The molecule has 0 aliphatic carbocycles. The van der Waals surface area contributed by atoms with Crippen molar-refractivity contribution in [1.29, 1.82) is 0 Å². The van der Waals surface area contributed by atoms with E-state index in [2.05, 4.69) is 27.0 Å². The van der Waals surface area contributed by atoms with E-state index in [4.69, 9.17) is 4.74 Å². The number of carbonyl (C=O) groups is 1. The molecule has 0 aromatic carbocycles. The highest BCUT2D eigenvalue weighted by Crippen LogP contribution is 2.14. The minimum atomic E-state index is -0.346. The molecule has 1 aliphatic heterocycles. The lowest BCUT2D eigenvalue weighted by molar-refractivity contribution is 0.0518. The number of nitrogens with one attached hydrogen (secondary N) is 1. The summed E-state index contributed by atoms with van der Waals surface area (Å²) < 4.78 is 4.98. The van der Waals surface area contributed by atoms with E-state index in [1.54, 1.807) is 6.92 Å². The lowest BCUT2D eigenvalue weighted by Gasteiger charge is -2.32. The number of aromatic amines is 1. The molecule has 0 atom stereocenters. The Hall–Kier alpha value is -1.40. The van der Waals surface area contributed by atoms with Crippen LogP contribution in [0.2, 0.25) is 0 Å². The van der Waals surface area contributed by atoms with Gasteiger partial charge in [-0.05, 0) is 20.9 Å². The average molecular weight is 266 g/mol. The van der Waals surface area contributed by atoms with Crippen LogP contribution in [0.15, 0.2) is 0 Å². The molecule has 0 saturated carbocycles. The van der Waals surface area contributed by atoms with Crippen LogP contribution in [0.3, 0.4) is 0 Å². The fourth-order valence-electron chi connectivity index (χ4n) is 2.22. The number of aromatic nitrogens is 2. The van der Waals surface area contributed by atoms with E-state index in [1.165, 1.54) is 0 Å². The van der Waals surface area contributed by atoms with Gasteiger partial charge in [0, 0.05) is 38.3 Å². The van der Waals surface area contributed by atoms with Gasteiger partial charge < -0.3 is 9.64 Å². The summed E-state index contributed by atoms with van der Waals surface area (Å²) in [5.41, 5.74) is 2.32. The summed E-state index contributed by atoms with van der Waals surface area (Å²) >= 11 is 0. The predicted octanol–water partition coefficient (Wildman–Crippen LogP) is 0.642. The summed E-state index contributed by atoms with van der Waals surface area (Å²) in [5, 5.41) is 7.04. The van der Waals surface area contributed by atoms with E-state index in [0.29, 0.717) is 12.3 Å². The highest BCUT2D eigenvalue weighted by Gasteiger charge is 2.20. The number of nitrogens with zero attached hydrogens (tertiary/aromatic N) is 3. The van der Waals surface area contributed by atoms with Gasteiger partial charge >= 0.3 is 5.97 Å². The normalized spacial score (nSPS) is 17.6. The summed E-state index contributed by atoms with van der Waals surface area (Å²) in [7, 11) is 2.14. The number of esters is 1. The van der Waals surface area contributed by atoms with E-state index in [9.17, 15) is 4.79 Å². The molecule has 0 amide bonds. The van der Waals surface area contributed by atoms with Crippen LogP contribution >= 0.6 is 0 Å². The topological polar surface area (TPSA) is 61.5 Å². The summed E-state index contributed by atoms with van der Waals surface area (Å²) in [6.07, 6.45) is 0. The molecule has 1 aromatic rings. The maximum atomic E-state index is 11.7. The third-order valence-corrected chi connectivity index (χ3v) is 3.56. The molecule has 2 heterocycles. The minimum absolute atomic E-state index is 0.346. The van der Waals surface area contributed by atoms with Gasteiger partial charge in [-0.2, -0.15) is 5.10 Å². The number of carbonyl (C=O) groups excluding carboxylic acids is 1. The van der Waals surface area contributed by atoms with Gasteiger partial charge in [0.15, 0.2) is 5.69 Å². The molecule has 0 spiro atoms. The van der Waals surface area contributed by atoms with Crippen molar-refractivity contribution < 1.29 is 9.53 Å². The van der Waals surface area contributed by atoms with Crippen LogP contribution < -0.4 is 0 Å². The van der Waals surface area contributed by atoms with Crippen LogP contribution in [0.1, 0.15) is 28.7 Å². The Morgan fingerprint density at radius 3 is 2.68 bits per heavy atom. The average Bonchev–Trinajstić information content (AvgIpc) is 2.74. The van der Waals surface area contributed by atoms with Gasteiger partial charge in [0.2, 0.25) is 0 Å². The van der Waals surface area contributed by atoms with Crippen molar-refractivity contribution in [2.45, 2.75) is 20.4 Å². The summed E-state index contributed by atoms with van der Waals surface area (Å²) in [4.78, 5) is 16.4. The van der Waals surface area contributed by atoms with E-state index in [-0.39, 0.29) is 5.97 Å². The zero-order chi connectivity index (χ0) is 13.8. The number of H-pyrrole nitrogens is 1. The highest BCUT2D eigenvalue weighted by atomic mass is 16.5. The van der Waals surface area contributed by atoms with Crippen LogP contribution in [0, 0.1) is 6.92 Å². The quantitative estimate of drug-likeness (QED) is 0.810. The molecule has 19 heavy (non-hydrogen) atoms. The number of ether oxygens (including phenoxy) is 1. The smallest absolute Gasteiger partial charge is 0.359 e. The van der Waals surface area contributed by atoms with Crippen molar-refractivity contribution in [3.05, 3.63) is 17.0 Å². The molecule has 106 valence electrons. The zero-order valence-corrected chi connectivity index (χ0v) is 11.9. The standard InChI is InChI=1S/C13H22N4O2/c1-4-19-13(18)12-10(2)11(14-15-12)9-17-7-5-16(3)6-8-17/h4-9H2,1-3H3,(H,14,15). The molecule has 1 N–H and O–H groups in total. The maximum absolute atomic E-state index is 11.7. The van der Waals surface area contributed by atoms with E-state index >= 15 is 0 Å². The molecule has 6 nitrogen and oxygen atoms in total. The molecule has 1 fully saturated rings. The van der Waals surface area contributed by atoms with Gasteiger partial charge in [-0.1, -0.05) is 0 Å². The van der Waals surface area contributed by atoms with Crippen LogP contribution in [0.4, 0.5) is 0 Å². The molecular formula is C13H22N4O2. The Balaban J connectivity index is 2.00. The van der Waals surface area contributed by atoms with E-state index < -0.39 is 0 Å². The Morgan fingerprint density at radius 1 is 1.37 bits per heavy atom. The van der Waals surface area contributed by atoms with E-state index in [1.807, 2.05) is 6.92 Å². The van der Waals surface area contributed by atoms with Gasteiger partial charge in [-0.25, -0.2) is 4.79 Å². The Labute approximate surface area is 113 Å². The molecular weight excluding hydrogens is 244 g/mol. The maximum Gasteiger partial charge on any atom is 0.359 e. The predicted molar refractivity (Wildman–Crippen MR) is 72.1 cm³/mol. The van der Waals surface area contributed by atoms with Crippen molar-refractivity contribution in [1.82, 2.24) is 20.0 Å². The Bertz CT molecular complexity index is 436. The Morgan fingerprint density at radius 2 is 2.05 bits per heavy atom. The van der Waals surface area contributed by atoms with E-state index in [0.717, 1.165) is 44.0 Å². The number of hydrogen-bond acceptors (Lipinski definition) is 5. The second-order valence-electron chi connectivity index (χ2n) is 4.98. The fraction of sp³-hybridized carbons (Fsp3) is 0.692. The molecule has 1 saturated heterocycles. The third-order valence-electron chi connectivity index (χ3n) is 3.56. The molecule has 2 rings (SSSR count). The highest BCUT2D eigenvalue weighted by molar-refractivity contribution is 5.89. The first-order valence-corrected chi connectivity index (χ1v) is 6.73. The zero-order valence-electron chi connectivity index (χ0n) is 11.9. The van der Waals surface area contributed by atoms with Crippen molar-refractivity contribution in [2.75, 3.05) is 39.8 Å². The molecule has 0 unspecified atom stereocenters.